The van der Waals surface area contributed by atoms with Gasteiger partial charge in [-0.15, -0.1) is 0 Å². The van der Waals surface area contributed by atoms with Crippen molar-refractivity contribution >= 4 is 50.5 Å². The SMILES string of the molecule is c1ccc(N(c2ccccc2)c2cccc3c(-c4nc5c6c(cccc6n4)Sc4ccccc4-5)cccc23)cc1. The molecule has 0 saturated heterocycles. The van der Waals surface area contributed by atoms with E-state index in [2.05, 4.69) is 144 Å². The molecule has 0 radical (unpaired) electrons. The van der Waals surface area contributed by atoms with Gasteiger partial charge in [0.1, 0.15) is 0 Å². The van der Waals surface area contributed by atoms with Crippen molar-refractivity contribution < 1.29 is 0 Å². The van der Waals surface area contributed by atoms with Gasteiger partial charge in [0.2, 0.25) is 0 Å². The van der Waals surface area contributed by atoms with E-state index in [-0.39, 0.29) is 0 Å². The Hall–Kier alpha value is -4.93. The number of para-hydroxylation sites is 2. The second kappa shape index (κ2) is 9.37. The lowest BCUT2D eigenvalue weighted by atomic mass is 10.00. The molecule has 188 valence electrons. The molecule has 0 N–H and O–H groups in total. The van der Waals surface area contributed by atoms with Crippen LogP contribution in [0.1, 0.15) is 0 Å². The first-order valence-corrected chi connectivity index (χ1v) is 14.2. The van der Waals surface area contributed by atoms with Gasteiger partial charge in [0.15, 0.2) is 5.82 Å². The molecule has 0 saturated carbocycles. The van der Waals surface area contributed by atoms with E-state index in [4.69, 9.17) is 9.97 Å². The summed E-state index contributed by atoms with van der Waals surface area (Å²) in [6.07, 6.45) is 0. The monoisotopic (exact) mass is 529 g/mol. The van der Waals surface area contributed by atoms with E-state index in [1.165, 1.54) is 15.4 Å². The van der Waals surface area contributed by atoms with Crippen molar-refractivity contribution in [1.29, 1.82) is 0 Å². The largest absolute Gasteiger partial charge is 0.310 e. The summed E-state index contributed by atoms with van der Waals surface area (Å²) in [5.74, 6) is 0.745. The van der Waals surface area contributed by atoms with E-state index in [1.807, 2.05) is 0 Å². The molecule has 0 bridgehead atoms. The average Bonchev–Trinajstić information content (AvgIpc) is 3.02. The number of anilines is 3. The molecule has 1 aromatic heterocycles. The van der Waals surface area contributed by atoms with E-state index in [1.54, 1.807) is 11.8 Å². The number of hydrogen-bond acceptors (Lipinski definition) is 4. The van der Waals surface area contributed by atoms with Crippen LogP contribution in [0.3, 0.4) is 0 Å². The fourth-order valence-corrected chi connectivity index (χ4v) is 6.79. The minimum atomic E-state index is 0.745. The Bertz CT molecular complexity index is 2000. The van der Waals surface area contributed by atoms with Crippen LogP contribution in [0.4, 0.5) is 17.1 Å². The van der Waals surface area contributed by atoms with Crippen molar-refractivity contribution in [3.63, 3.8) is 0 Å². The van der Waals surface area contributed by atoms with E-state index >= 15 is 0 Å². The fraction of sp³-hybridized carbons (Fsp3) is 0. The van der Waals surface area contributed by atoms with Gasteiger partial charge in [-0.3, -0.25) is 0 Å². The van der Waals surface area contributed by atoms with Gasteiger partial charge in [-0.1, -0.05) is 103 Å². The second-order valence-corrected chi connectivity index (χ2v) is 10.9. The number of aromatic nitrogens is 2. The zero-order valence-corrected chi connectivity index (χ0v) is 22.3. The van der Waals surface area contributed by atoms with Crippen LogP contribution < -0.4 is 4.90 Å². The summed E-state index contributed by atoms with van der Waals surface area (Å²) in [4.78, 5) is 15.1. The highest BCUT2D eigenvalue weighted by Gasteiger charge is 2.23. The van der Waals surface area contributed by atoms with E-state index in [0.717, 1.165) is 55.8 Å². The zero-order chi connectivity index (χ0) is 26.5. The molecule has 0 atom stereocenters. The van der Waals surface area contributed by atoms with Crippen LogP contribution in [0.25, 0.3) is 44.3 Å². The second-order valence-electron chi connectivity index (χ2n) is 9.83. The first-order valence-electron chi connectivity index (χ1n) is 13.4. The normalized spacial score (nSPS) is 11.9. The van der Waals surface area contributed by atoms with Crippen LogP contribution in [0, 0.1) is 0 Å². The van der Waals surface area contributed by atoms with Crippen molar-refractivity contribution in [2.75, 3.05) is 4.90 Å². The molecule has 0 fully saturated rings. The Morgan fingerprint density at radius 2 is 1.10 bits per heavy atom. The molecule has 6 aromatic carbocycles. The highest BCUT2D eigenvalue weighted by Crippen LogP contribution is 2.47. The lowest BCUT2D eigenvalue weighted by Crippen LogP contribution is -2.10. The summed E-state index contributed by atoms with van der Waals surface area (Å²) in [6, 6.07) is 48.9. The summed E-state index contributed by atoms with van der Waals surface area (Å²) in [6.45, 7) is 0. The Morgan fingerprint density at radius 1 is 0.475 bits per heavy atom. The quantitative estimate of drug-likeness (QED) is 0.227. The van der Waals surface area contributed by atoms with Crippen molar-refractivity contribution in [2.45, 2.75) is 9.79 Å². The Balaban J connectivity index is 1.37. The minimum absolute atomic E-state index is 0.745. The molecule has 2 heterocycles. The van der Waals surface area contributed by atoms with Gasteiger partial charge < -0.3 is 4.90 Å². The Labute approximate surface area is 236 Å². The summed E-state index contributed by atoms with van der Waals surface area (Å²) in [7, 11) is 0. The average molecular weight is 530 g/mol. The molecule has 0 unspecified atom stereocenters. The number of benzene rings is 6. The van der Waals surface area contributed by atoms with Gasteiger partial charge in [0, 0.05) is 43.1 Å². The zero-order valence-electron chi connectivity index (χ0n) is 21.5. The van der Waals surface area contributed by atoms with Crippen LogP contribution in [0.2, 0.25) is 0 Å². The molecular weight excluding hydrogens is 506 g/mol. The maximum absolute atomic E-state index is 5.25. The summed E-state index contributed by atoms with van der Waals surface area (Å²) in [5, 5.41) is 3.41. The predicted octanol–water partition coefficient (Wildman–Crippen LogP) is 10.1. The molecule has 1 aliphatic heterocycles. The third-order valence-electron chi connectivity index (χ3n) is 7.46. The molecule has 8 rings (SSSR count). The van der Waals surface area contributed by atoms with Crippen LogP contribution in [0.5, 0.6) is 0 Å². The molecule has 40 heavy (non-hydrogen) atoms. The third kappa shape index (κ3) is 3.69. The molecular formula is C36H23N3S. The lowest BCUT2D eigenvalue weighted by molar-refractivity contribution is 1.20. The smallest absolute Gasteiger partial charge is 0.161 e. The van der Waals surface area contributed by atoms with Crippen molar-refractivity contribution in [2.24, 2.45) is 0 Å². The van der Waals surface area contributed by atoms with E-state index in [0.29, 0.717) is 0 Å². The number of rotatable bonds is 4. The maximum Gasteiger partial charge on any atom is 0.161 e. The van der Waals surface area contributed by atoms with Gasteiger partial charge >= 0.3 is 0 Å². The molecule has 0 spiro atoms. The minimum Gasteiger partial charge on any atom is -0.310 e. The number of nitrogens with zero attached hydrogens (tertiary/aromatic N) is 3. The lowest BCUT2D eigenvalue weighted by Gasteiger charge is -2.27. The number of hydrogen-bond donors (Lipinski definition) is 0. The van der Waals surface area contributed by atoms with E-state index < -0.39 is 0 Å². The topological polar surface area (TPSA) is 29.0 Å². The Morgan fingerprint density at radius 3 is 1.90 bits per heavy atom. The van der Waals surface area contributed by atoms with Crippen LogP contribution in [0.15, 0.2) is 149 Å². The van der Waals surface area contributed by atoms with Gasteiger partial charge in [-0.25, -0.2) is 9.97 Å². The van der Waals surface area contributed by atoms with Crippen LogP contribution in [-0.2, 0) is 0 Å². The summed E-state index contributed by atoms with van der Waals surface area (Å²) in [5.41, 5.74) is 7.51. The molecule has 0 amide bonds. The first kappa shape index (κ1) is 23.0. The van der Waals surface area contributed by atoms with Gasteiger partial charge in [0.25, 0.3) is 0 Å². The van der Waals surface area contributed by atoms with Gasteiger partial charge in [0.05, 0.1) is 16.9 Å². The Kier molecular flexibility index (Phi) is 5.39. The highest BCUT2D eigenvalue weighted by atomic mass is 32.2. The van der Waals surface area contributed by atoms with Crippen molar-refractivity contribution in [3.05, 3.63) is 140 Å². The molecule has 0 aliphatic carbocycles. The standard InChI is InChI=1S/C36H23N3S/c1-3-12-24(13-4-1)39(25-14-5-2-6-15-25)31-21-10-17-26-27(31)18-9-19-28(26)36-37-30-20-11-23-33-34(30)35(38-36)29-16-7-8-22-32(29)40-33/h1-23H. The first-order chi connectivity index (χ1) is 19.8. The van der Waals surface area contributed by atoms with E-state index in [9.17, 15) is 0 Å². The molecule has 1 aliphatic rings. The van der Waals surface area contributed by atoms with Gasteiger partial charge in [-0.05, 0) is 53.9 Å². The van der Waals surface area contributed by atoms with Gasteiger partial charge in [-0.2, -0.15) is 0 Å². The highest BCUT2D eigenvalue weighted by molar-refractivity contribution is 7.99. The predicted molar refractivity (Wildman–Crippen MR) is 167 cm³/mol. The van der Waals surface area contributed by atoms with Crippen molar-refractivity contribution in [1.82, 2.24) is 9.97 Å². The molecule has 7 aromatic rings. The fourth-order valence-electron chi connectivity index (χ4n) is 5.69. The maximum atomic E-state index is 5.25. The third-order valence-corrected chi connectivity index (χ3v) is 8.59. The van der Waals surface area contributed by atoms with Crippen LogP contribution in [-0.4, -0.2) is 9.97 Å². The van der Waals surface area contributed by atoms with Crippen molar-refractivity contribution in [3.8, 4) is 22.6 Å². The molecule has 4 heteroatoms. The summed E-state index contributed by atoms with van der Waals surface area (Å²) >= 11 is 1.79. The van der Waals surface area contributed by atoms with Crippen LogP contribution >= 0.6 is 11.8 Å². The molecule has 3 nitrogen and oxygen atoms in total. The summed E-state index contributed by atoms with van der Waals surface area (Å²) < 4.78 is 0. The number of fused-ring (bicyclic) bond motifs is 3.